The van der Waals surface area contributed by atoms with E-state index in [0.717, 1.165) is 19.2 Å². The van der Waals surface area contributed by atoms with Crippen molar-refractivity contribution in [2.75, 3.05) is 0 Å². The summed E-state index contributed by atoms with van der Waals surface area (Å²) in [5.41, 5.74) is 4.78. The minimum Gasteiger partial charge on any atom is -0.271 e. The number of nitrogens with one attached hydrogen (secondary N) is 1. The highest BCUT2D eigenvalue weighted by molar-refractivity contribution is 14.1. The first-order chi connectivity index (χ1) is 9.08. The summed E-state index contributed by atoms with van der Waals surface area (Å²) in [5.74, 6) is 5.37. The first-order valence-corrected chi connectivity index (χ1v) is 7.62. The van der Waals surface area contributed by atoms with Gasteiger partial charge < -0.3 is 0 Å². The van der Waals surface area contributed by atoms with Crippen LogP contribution in [0.3, 0.4) is 0 Å². The molecule has 2 aromatic rings. The van der Waals surface area contributed by atoms with Crippen molar-refractivity contribution in [1.29, 1.82) is 0 Å². The lowest BCUT2D eigenvalue weighted by molar-refractivity contribution is 0.548. The molecule has 1 atom stereocenters. The van der Waals surface area contributed by atoms with Crippen LogP contribution in [0.2, 0.25) is 0 Å². The molecule has 0 saturated heterocycles. The molecule has 0 aromatic heterocycles. The van der Waals surface area contributed by atoms with Crippen LogP contribution in [0, 0.1) is 9.39 Å². The van der Waals surface area contributed by atoms with Gasteiger partial charge in [-0.25, -0.2) is 4.39 Å². The lowest BCUT2D eigenvalue weighted by Gasteiger charge is -2.17. The highest BCUT2D eigenvalue weighted by Gasteiger charge is 2.12. The zero-order chi connectivity index (χ0) is 13.8. The van der Waals surface area contributed by atoms with E-state index in [9.17, 15) is 4.39 Å². The second-order valence-electron chi connectivity index (χ2n) is 4.26. The van der Waals surface area contributed by atoms with Gasteiger partial charge in [0.1, 0.15) is 5.82 Å². The molecular formula is C14H13BrFIN2. The van der Waals surface area contributed by atoms with E-state index < -0.39 is 0 Å². The average Bonchev–Trinajstić information content (AvgIpc) is 2.34. The van der Waals surface area contributed by atoms with E-state index in [0.29, 0.717) is 6.42 Å². The van der Waals surface area contributed by atoms with Gasteiger partial charge in [0, 0.05) is 8.04 Å². The van der Waals surface area contributed by atoms with Crippen molar-refractivity contribution in [3.63, 3.8) is 0 Å². The molecule has 5 heteroatoms. The second kappa shape index (κ2) is 6.78. The molecule has 0 saturated carbocycles. The third-order valence-electron chi connectivity index (χ3n) is 2.81. The van der Waals surface area contributed by atoms with E-state index >= 15 is 0 Å². The van der Waals surface area contributed by atoms with E-state index in [4.69, 9.17) is 5.84 Å². The van der Waals surface area contributed by atoms with Crippen LogP contribution in [0.15, 0.2) is 46.9 Å². The van der Waals surface area contributed by atoms with Crippen molar-refractivity contribution in [3.8, 4) is 0 Å². The van der Waals surface area contributed by atoms with Crippen LogP contribution in [-0.2, 0) is 6.42 Å². The molecule has 0 aliphatic heterocycles. The number of benzene rings is 2. The lowest BCUT2D eigenvalue weighted by Crippen LogP contribution is -2.29. The van der Waals surface area contributed by atoms with E-state index in [1.54, 1.807) is 0 Å². The molecule has 0 fully saturated rings. The van der Waals surface area contributed by atoms with E-state index in [1.807, 2.05) is 24.3 Å². The molecule has 2 aromatic carbocycles. The monoisotopic (exact) mass is 434 g/mol. The minimum atomic E-state index is -0.247. The van der Waals surface area contributed by atoms with Gasteiger partial charge in [-0.15, -0.1) is 0 Å². The van der Waals surface area contributed by atoms with Gasteiger partial charge in [-0.3, -0.25) is 11.3 Å². The Bertz CT molecular complexity index is 557. The quantitative estimate of drug-likeness (QED) is 0.434. The van der Waals surface area contributed by atoms with Crippen LogP contribution in [0.25, 0.3) is 0 Å². The van der Waals surface area contributed by atoms with Gasteiger partial charge in [0.2, 0.25) is 0 Å². The Labute approximate surface area is 133 Å². The highest BCUT2D eigenvalue weighted by Crippen LogP contribution is 2.22. The Kier molecular flexibility index (Phi) is 5.32. The SMILES string of the molecule is NNC(Cc1cc(F)cc(Br)c1)c1cccc(I)c1. The van der Waals surface area contributed by atoms with Crippen molar-refractivity contribution >= 4 is 38.5 Å². The maximum atomic E-state index is 13.4. The molecule has 0 aliphatic rings. The van der Waals surface area contributed by atoms with Gasteiger partial charge in [0.25, 0.3) is 0 Å². The van der Waals surface area contributed by atoms with Gasteiger partial charge in [0.15, 0.2) is 0 Å². The van der Waals surface area contributed by atoms with Crippen molar-refractivity contribution in [3.05, 3.63) is 67.5 Å². The maximum Gasteiger partial charge on any atom is 0.124 e. The van der Waals surface area contributed by atoms with Gasteiger partial charge in [-0.2, -0.15) is 0 Å². The van der Waals surface area contributed by atoms with Crippen LogP contribution in [0.5, 0.6) is 0 Å². The second-order valence-corrected chi connectivity index (χ2v) is 6.42. The number of hydrazine groups is 1. The molecule has 3 N–H and O–H groups in total. The Hall–Kier alpha value is -0.500. The average molecular weight is 435 g/mol. The van der Waals surface area contributed by atoms with Crippen LogP contribution in [-0.4, -0.2) is 0 Å². The molecule has 0 bridgehead atoms. The summed E-state index contributed by atoms with van der Waals surface area (Å²) in [4.78, 5) is 0. The molecule has 0 radical (unpaired) electrons. The topological polar surface area (TPSA) is 38.0 Å². The van der Waals surface area contributed by atoms with Crippen molar-refractivity contribution in [2.24, 2.45) is 5.84 Å². The first kappa shape index (κ1) is 14.9. The first-order valence-electron chi connectivity index (χ1n) is 5.75. The number of rotatable bonds is 4. The van der Waals surface area contributed by atoms with Crippen LogP contribution < -0.4 is 11.3 Å². The fraction of sp³-hybridized carbons (Fsp3) is 0.143. The fourth-order valence-electron chi connectivity index (χ4n) is 1.96. The predicted octanol–water partition coefficient (Wildman–Crippen LogP) is 3.94. The third kappa shape index (κ3) is 4.24. The number of halogens is 3. The predicted molar refractivity (Wildman–Crippen MR) is 87.0 cm³/mol. The molecule has 100 valence electrons. The molecule has 0 spiro atoms. The summed E-state index contributed by atoms with van der Waals surface area (Å²) >= 11 is 5.56. The number of hydrogen-bond donors (Lipinski definition) is 2. The van der Waals surface area contributed by atoms with Gasteiger partial charge in [-0.05, 0) is 70.5 Å². The minimum absolute atomic E-state index is 0.0385. The van der Waals surface area contributed by atoms with Crippen molar-refractivity contribution in [2.45, 2.75) is 12.5 Å². The van der Waals surface area contributed by atoms with Gasteiger partial charge >= 0.3 is 0 Å². The Morgan fingerprint density at radius 3 is 2.68 bits per heavy atom. The maximum absolute atomic E-state index is 13.4. The molecule has 19 heavy (non-hydrogen) atoms. The number of hydrogen-bond acceptors (Lipinski definition) is 2. The Morgan fingerprint density at radius 1 is 1.26 bits per heavy atom. The van der Waals surface area contributed by atoms with E-state index in [-0.39, 0.29) is 11.9 Å². The van der Waals surface area contributed by atoms with Crippen LogP contribution >= 0.6 is 38.5 Å². The number of nitrogens with two attached hydrogens (primary N) is 1. The molecule has 0 heterocycles. The molecule has 0 aliphatic carbocycles. The summed E-state index contributed by atoms with van der Waals surface area (Å²) in [6, 6.07) is 12.9. The largest absolute Gasteiger partial charge is 0.271 e. The standard InChI is InChI=1S/C14H13BrFIN2/c15-11-4-9(5-12(16)8-11)6-14(19-18)10-2-1-3-13(17)7-10/h1-5,7-8,14,19H,6,18H2. The van der Waals surface area contributed by atoms with Crippen molar-refractivity contribution in [1.82, 2.24) is 5.43 Å². The van der Waals surface area contributed by atoms with Crippen LogP contribution in [0.4, 0.5) is 4.39 Å². The van der Waals surface area contributed by atoms with Crippen LogP contribution in [0.1, 0.15) is 17.2 Å². The molecule has 2 nitrogen and oxygen atoms in total. The summed E-state index contributed by atoms with van der Waals surface area (Å²) in [5, 5.41) is 0. The third-order valence-corrected chi connectivity index (χ3v) is 3.94. The fourth-order valence-corrected chi connectivity index (χ4v) is 3.04. The summed E-state index contributed by atoms with van der Waals surface area (Å²) in [7, 11) is 0. The molecule has 1 unspecified atom stereocenters. The lowest BCUT2D eigenvalue weighted by atomic mass is 9.99. The highest BCUT2D eigenvalue weighted by atomic mass is 127. The van der Waals surface area contributed by atoms with Gasteiger partial charge in [0.05, 0.1) is 6.04 Å². The zero-order valence-corrected chi connectivity index (χ0v) is 13.8. The summed E-state index contributed by atoms with van der Waals surface area (Å²) in [6.45, 7) is 0. The summed E-state index contributed by atoms with van der Waals surface area (Å²) < 4.78 is 15.3. The Balaban J connectivity index is 2.23. The summed E-state index contributed by atoms with van der Waals surface area (Å²) in [6.07, 6.45) is 0.632. The molecule has 0 amide bonds. The van der Waals surface area contributed by atoms with Gasteiger partial charge in [-0.1, -0.05) is 28.1 Å². The molecule has 2 rings (SSSR count). The van der Waals surface area contributed by atoms with E-state index in [1.165, 1.54) is 12.1 Å². The normalized spacial score (nSPS) is 12.4. The van der Waals surface area contributed by atoms with E-state index in [2.05, 4.69) is 50.0 Å². The Morgan fingerprint density at radius 2 is 2.05 bits per heavy atom. The van der Waals surface area contributed by atoms with Crippen molar-refractivity contribution < 1.29 is 4.39 Å². The molecular weight excluding hydrogens is 422 g/mol. The zero-order valence-electron chi connectivity index (χ0n) is 10.0. The smallest absolute Gasteiger partial charge is 0.124 e.